The van der Waals surface area contributed by atoms with Gasteiger partial charge in [0.25, 0.3) is 5.91 Å². The molecule has 3 rings (SSSR count). The van der Waals surface area contributed by atoms with Crippen LogP contribution in [-0.2, 0) is 26.1 Å². The van der Waals surface area contributed by atoms with E-state index in [1.807, 2.05) is 13.8 Å². The zero-order valence-electron chi connectivity index (χ0n) is 20.8. The number of aryl methyl sites for hydroxylation is 1. The second-order valence-corrected chi connectivity index (χ2v) is 10.7. The monoisotopic (exact) mass is 502 g/mol. The Morgan fingerprint density at radius 2 is 1.69 bits per heavy atom. The van der Waals surface area contributed by atoms with Crippen LogP contribution in [0.2, 0.25) is 0 Å². The minimum Gasteiger partial charge on any atom is -0.494 e. The van der Waals surface area contributed by atoms with E-state index >= 15 is 0 Å². The lowest BCUT2D eigenvalue weighted by atomic mass is 9.96. The second-order valence-electron chi connectivity index (χ2n) is 8.65. The average Bonchev–Trinajstić information content (AvgIpc) is 2.85. The summed E-state index contributed by atoms with van der Waals surface area (Å²) in [5.74, 6) is -0.00650. The van der Waals surface area contributed by atoms with E-state index in [0.717, 1.165) is 5.56 Å². The summed E-state index contributed by atoms with van der Waals surface area (Å²) in [4.78, 5) is 27.1. The van der Waals surface area contributed by atoms with Crippen molar-refractivity contribution in [3.8, 4) is 5.75 Å². The molecule has 1 saturated heterocycles. The third-order valence-corrected chi connectivity index (χ3v) is 7.95. The lowest BCUT2D eigenvalue weighted by Gasteiger charge is -2.31. The van der Waals surface area contributed by atoms with Crippen LogP contribution >= 0.6 is 0 Å². The highest BCUT2D eigenvalue weighted by Crippen LogP contribution is 2.27. The van der Waals surface area contributed by atoms with E-state index in [1.54, 1.807) is 54.3 Å². The largest absolute Gasteiger partial charge is 0.494 e. The maximum atomic E-state index is 13.2. The molecule has 0 spiro atoms. The fraction of sp³-hybridized carbons (Fsp3) is 0.462. The summed E-state index contributed by atoms with van der Waals surface area (Å²) in [6.07, 6.45) is 1.12. The number of ether oxygens (including phenoxy) is 2. The molecule has 0 unspecified atom stereocenters. The lowest BCUT2D eigenvalue weighted by molar-refractivity contribution is -0.149. The first-order valence-electron chi connectivity index (χ1n) is 11.9. The van der Waals surface area contributed by atoms with Crippen molar-refractivity contribution in [3.05, 3.63) is 59.2 Å². The van der Waals surface area contributed by atoms with Crippen LogP contribution in [-0.4, -0.2) is 62.9 Å². The third kappa shape index (κ3) is 6.41. The molecule has 1 aliphatic heterocycles. The number of sulfonamides is 1. The molecular weight excluding hydrogens is 468 g/mol. The topological polar surface area (TPSA) is 93.2 Å². The maximum Gasteiger partial charge on any atom is 0.309 e. The number of benzene rings is 2. The van der Waals surface area contributed by atoms with Gasteiger partial charge in [0, 0.05) is 37.8 Å². The molecule has 0 N–H and O–H groups in total. The Morgan fingerprint density at radius 3 is 2.29 bits per heavy atom. The Labute approximate surface area is 207 Å². The number of piperidine rings is 1. The van der Waals surface area contributed by atoms with Gasteiger partial charge in [0.15, 0.2) is 0 Å². The highest BCUT2D eigenvalue weighted by Gasteiger charge is 2.29. The molecule has 0 bridgehead atoms. The molecule has 190 valence electrons. The number of carbonyl (C=O) groups is 2. The number of nitrogens with zero attached hydrogens (tertiary/aromatic N) is 2. The van der Waals surface area contributed by atoms with Crippen molar-refractivity contribution in [3.63, 3.8) is 0 Å². The van der Waals surface area contributed by atoms with Gasteiger partial charge in [0.05, 0.1) is 24.0 Å². The van der Waals surface area contributed by atoms with Gasteiger partial charge in [-0.25, -0.2) is 8.42 Å². The van der Waals surface area contributed by atoms with E-state index in [0.29, 0.717) is 56.0 Å². The summed E-state index contributed by atoms with van der Waals surface area (Å²) >= 11 is 0. The number of hydrogen-bond donors (Lipinski definition) is 0. The number of esters is 1. The van der Waals surface area contributed by atoms with Crippen LogP contribution < -0.4 is 4.74 Å². The van der Waals surface area contributed by atoms with Crippen molar-refractivity contribution < 1.29 is 27.5 Å². The maximum absolute atomic E-state index is 13.2. The zero-order chi connectivity index (χ0) is 25.6. The highest BCUT2D eigenvalue weighted by molar-refractivity contribution is 7.89. The molecule has 2 aromatic rings. The van der Waals surface area contributed by atoms with Crippen molar-refractivity contribution in [2.75, 3.05) is 33.4 Å². The molecule has 1 heterocycles. The van der Waals surface area contributed by atoms with Gasteiger partial charge in [-0.2, -0.15) is 4.31 Å². The van der Waals surface area contributed by atoms with E-state index in [9.17, 15) is 18.0 Å². The van der Waals surface area contributed by atoms with Gasteiger partial charge in [-0.1, -0.05) is 17.7 Å². The molecule has 9 heteroatoms. The Hall–Kier alpha value is -2.91. The average molecular weight is 503 g/mol. The summed E-state index contributed by atoms with van der Waals surface area (Å²) in [5, 5.41) is 0. The Morgan fingerprint density at radius 1 is 1.03 bits per heavy atom. The summed E-state index contributed by atoms with van der Waals surface area (Å²) in [6, 6.07) is 11.8. The van der Waals surface area contributed by atoms with E-state index in [4.69, 9.17) is 9.47 Å². The standard InChI is InChI=1S/C26H34N2O6S/c1-5-33-24-12-9-21(25(29)28-15-13-20(14-16-28)26(30)34-6-2)17-22(24)18-27(4)35(31,32)23-10-7-19(3)8-11-23/h7-12,17,20H,5-6,13-16,18H2,1-4H3. The predicted molar refractivity (Wildman–Crippen MR) is 133 cm³/mol. The molecule has 0 saturated carbocycles. The van der Waals surface area contributed by atoms with Crippen molar-refractivity contribution in [1.29, 1.82) is 0 Å². The second kappa shape index (κ2) is 11.7. The molecule has 0 atom stereocenters. The van der Waals surface area contributed by atoms with Crippen LogP contribution in [0.3, 0.4) is 0 Å². The molecule has 8 nitrogen and oxygen atoms in total. The van der Waals surface area contributed by atoms with Crippen LogP contribution in [0, 0.1) is 12.8 Å². The quantitative estimate of drug-likeness (QED) is 0.486. The molecular formula is C26H34N2O6S. The van der Waals surface area contributed by atoms with Crippen molar-refractivity contribution >= 4 is 21.9 Å². The van der Waals surface area contributed by atoms with E-state index in [1.165, 1.54) is 11.4 Å². The molecule has 35 heavy (non-hydrogen) atoms. The zero-order valence-corrected chi connectivity index (χ0v) is 21.6. The van der Waals surface area contributed by atoms with Gasteiger partial charge in [-0.15, -0.1) is 0 Å². The minimum atomic E-state index is -3.72. The van der Waals surface area contributed by atoms with Gasteiger partial charge in [0.2, 0.25) is 10.0 Å². The molecule has 0 aliphatic carbocycles. The number of hydrogen-bond acceptors (Lipinski definition) is 6. The van der Waals surface area contributed by atoms with Gasteiger partial charge in [-0.3, -0.25) is 9.59 Å². The Kier molecular flexibility index (Phi) is 8.91. The smallest absolute Gasteiger partial charge is 0.309 e. The van der Waals surface area contributed by atoms with Crippen molar-refractivity contribution in [1.82, 2.24) is 9.21 Å². The van der Waals surface area contributed by atoms with E-state index < -0.39 is 10.0 Å². The summed E-state index contributed by atoms with van der Waals surface area (Å²) < 4.78 is 38.3. The molecule has 2 aromatic carbocycles. The van der Waals surface area contributed by atoms with Crippen LogP contribution in [0.15, 0.2) is 47.4 Å². The van der Waals surface area contributed by atoms with E-state index in [-0.39, 0.29) is 29.2 Å². The predicted octanol–water partition coefficient (Wildman–Crippen LogP) is 3.63. The number of likely N-dealkylation sites (tertiary alicyclic amines) is 1. The molecule has 1 fully saturated rings. The van der Waals surface area contributed by atoms with Crippen LogP contribution in [0.1, 0.15) is 48.2 Å². The van der Waals surface area contributed by atoms with Crippen LogP contribution in [0.5, 0.6) is 5.75 Å². The summed E-state index contributed by atoms with van der Waals surface area (Å²) in [7, 11) is -2.21. The first kappa shape index (κ1) is 26.7. The first-order chi connectivity index (χ1) is 16.7. The first-order valence-corrected chi connectivity index (χ1v) is 13.4. The van der Waals surface area contributed by atoms with Crippen molar-refractivity contribution in [2.45, 2.75) is 45.1 Å². The fourth-order valence-electron chi connectivity index (χ4n) is 4.11. The Bertz CT molecular complexity index is 1140. The normalized spacial score (nSPS) is 14.7. The highest BCUT2D eigenvalue weighted by atomic mass is 32.2. The molecule has 0 radical (unpaired) electrons. The SMILES string of the molecule is CCOC(=O)C1CCN(C(=O)c2ccc(OCC)c(CN(C)S(=O)(=O)c3ccc(C)cc3)c2)CC1. The minimum absolute atomic E-state index is 0.0532. The lowest BCUT2D eigenvalue weighted by Crippen LogP contribution is -2.40. The number of amides is 1. The summed E-state index contributed by atoms with van der Waals surface area (Å²) in [5.41, 5.74) is 2.04. The van der Waals surface area contributed by atoms with Crippen molar-refractivity contribution in [2.24, 2.45) is 5.92 Å². The van der Waals surface area contributed by atoms with Gasteiger partial charge in [0.1, 0.15) is 5.75 Å². The van der Waals surface area contributed by atoms with Gasteiger partial charge in [-0.05, 0) is 63.9 Å². The van der Waals surface area contributed by atoms with Crippen LogP contribution in [0.25, 0.3) is 0 Å². The molecule has 0 aromatic heterocycles. The number of carbonyl (C=O) groups excluding carboxylic acids is 2. The summed E-state index contributed by atoms with van der Waals surface area (Å²) in [6.45, 7) is 7.27. The Balaban J connectivity index is 1.77. The van der Waals surface area contributed by atoms with E-state index in [2.05, 4.69) is 0 Å². The van der Waals surface area contributed by atoms with Crippen LogP contribution in [0.4, 0.5) is 0 Å². The molecule has 1 aliphatic rings. The van der Waals surface area contributed by atoms with Gasteiger partial charge < -0.3 is 14.4 Å². The number of rotatable bonds is 9. The third-order valence-electron chi connectivity index (χ3n) is 6.13. The van der Waals surface area contributed by atoms with Gasteiger partial charge >= 0.3 is 5.97 Å². The molecule has 1 amide bonds. The fourth-order valence-corrected chi connectivity index (χ4v) is 5.26.